The molecule has 2 aromatic carbocycles. The van der Waals surface area contributed by atoms with Gasteiger partial charge >= 0.3 is 5.91 Å². The number of ketones is 1. The molecular formula is C21H24FN2O2+. The molecule has 0 radical (unpaired) electrons. The van der Waals surface area contributed by atoms with Crippen LogP contribution in [0, 0.1) is 5.82 Å². The molecule has 26 heavy (non-hydrogen) atoms. The number of hydrogen-bond acceptors (Lipinski definition) is 2. The van der Waals surface area contributed by atoms with E-state index in [2.05, 4.69) is 45.0 Å². The highest BCUT2D eigenvalue weighted by Gasteiger charge is 2.37. The van der Waals surface area contributed by atoms with Crippen LogP contribution in [0.3, 0.4) is 0 Å². The van der Waals surface area contributed by atoms with Gasteiger partial charge < -0.3 is 4.90 Å². The second kappa shape index (κ2) is 6.65. The van der Waals surface area contributed by atoms with E-state index in [9.17, 15) is 14.0 Å². The third-order valence-electron chi connectivity index (χ3n) is 4.69. The van der Waals surface area contributed by atoms with E-state index in [1.54, 1.807) is 0 Å². The minimum atomic E-state index is -0.637. The van der Waals surface area contributed by atoms with E-state index in [1.807, 2.05) is 7.05 Å². The highest BCUT2D eigenvalue weighted by atomic mass is 19.1. The molecule has 0 bridgehead atoms. The predicted molar refractivity (Wildman–Crippen MR) is 98.8 cm³/mol. The van der Waals surface area contributed by atoms with E-state index in [0.29, 0.717) is 12.4 Å². The van der Waals surface area contributed by atoms with Gasteiger partial charge in [-0.25, -0.2) is 4.39 Å². The van der Waals surface area contributed by atoms with Crippen LogP contribution < -0.4 is 9.80 Å². The molecule has 0 saturated heterocycles. The Hall–Kier alpha value is -2.53. The Morgan fingerprint density at radius 3 is 2.31 bits per heavy atom. The fourth-order valence-electron chi connectivity index (χ4n) is 3.23. The Kier molecular flexibility index (Phi) is 4.67. The first kappa shape index (κ1) is 18.3. The maximum absolute atomic E-state index is 13.4. The van der Waals surface area contributed by atoms with Crippen LogP contribution in [0.1, 0.15) is 42.3 Å². The van der Waals surface area contributed by atoms with E-state index < -0.39 is 17.5 Å². The number of nitrogens with zero attached hydrogens (tertiary/aromatic N) is 1. The number of rotatable bonds is 4. The second-order valence-corrected chi connectivity index (χ2v) is 7.96. The first-order valence-electron chi connectivity index (χ1n) is 8.73. The summed E-state index contributed by atoms with van der Waals surface area (Å²) in [5.74, 6) is -1.73. The topological polar surface area (TPSA) is 41.8 Å². The van der Waals surface area contributed by atoms with E-state index in [0.717, 1.165) is 23.1 Å². The summed E-state index contributed by atoms with van der Waals surface area (Å²) in [6.45, 7) is 7.60. The highest BCUT2D eigenvalue weighted by molar-refractivity contribution is 6.52. The van der Waals surface area contributed by atoms with Gasteiger partial charge in [0.05, 0.1) is 18.3 Å². The summed E-state index contributed by atoms with van der Waals surface area (Å²) in [6, 6.07) is 12.4. The van der Waals surface area contributed by atoms with Crippen molar-refractivity contribution in [3.8, 4) is 0 Å². The molecule has 3 rings (SSSR count). The maximum Gasteiger partial charge on any atom is 0.303 e. The smallest absolute Gasteiger partial charge is 0.303 e. The second-order valence-electron chi connectivity index (χ2n) is 7.96. The molecule has 5 heteroatoms. The third-order valence-corrected chi connectivity index (χ3v) is 4.69. The summed E-state index contributed by atoms with van der Waals surface area (Å²) in [4.78, 5) is 26.8. The number of carbonyl (C=O) groups is 2. The van der Waals surface area contributed by atoms with Gasteiger partial charge in [0, 0.05) is 5.56 Å². The molecule has 136 valence electrons. The Labute approximate surface area is 153 Å². The van der Waals surface area contributed by atoms with Gasteiger partial charge in [-0.15, -0.1) is 0 Å². The van der Waals surface area contributed by atoms with Crippen LogP contribution in [-0.4, -0.2) is 25.4 Å². The number of halogens is 1. The van der Waals surface area contributed by atoms with Gasteiger partial charge in [-0.3, -0.25) is 14.5 Å². The Morgan fingerprint density at radius 2 is 1.69 bits per heavy atom. The number of amides is 1. The van der Waals surface area contributed by atoms with Crippen molar-refractivity contribution in [1.82, 2.24) is 0 Å². The lowest BCUT2D eigenvalue weighted by Gasteiger charge is -2.22. The van der Waals surface area contributed by atoms with Gasteiger partial charge in [0.25, 0.3) is 5.78 Å². The number of hydrogen-bond donors (Lipinski definition) is 1. The van der Waals surface area contributed by atoms with Crippen LogP contribution in [0.4, 0.5) is 10.1 Å². The lowest BCUT2D eigenvalue weighted by Crippen LogP contribution is -3.09. The quantitative estimate of drug-likeness (QED) is 0.856. The lowest BCUT2D eigenvalue weighted by molar-refractivity contribution is -0.892. The molecule has 1 aliphatic rings. The number of Topliss-reactive ketones (excluding diaryl/α,β-unsaturated/α-hetero) is 1. The molecule has 2 aromatic rings. The van der Waals surface area contributed by atoms with Crippen LogP contribution in [0.15, 0.2) is 42.5 Å². The Bertz CT molecular complexity index is 853. The van der Waals surface area contributed by atoms with E-state index in [-0.39, 0.29) is 11.0 Å². The predicted octanol–water partition coefficient (Wildman–Crippen LogP) is 2.32. The van der Waals surface area contributed by atoms with Crippen LogP contribution in [0.5, 0.6) is 0 Å². The number of fused-ring (bicyclic) bond motifs is 1. The maximum atomic E-state index is 13.4. The molecular weight excluding hydrogens is 331 g/mol. The van der Waals surface area contributed by atoms with Crippen molar-refractivity contribution in [2.75, 3.05) is 18.6 Å². The zero-order chi connectivity index (χ0) is 19.1. The molecule has 1 aliphatic heterocycles. The van der Waals surface area contributed by atoms with E-state index in [4.69, 9.17) is 0 Å². The van der Waals surface area contributed by atoms with Gasteiger partial charge in [0.1, 0.15) is 12.4 Å². The normalized spacial score (nSPS) is 15.3. The highest BCUT2D eigenvalue weighted by Crippen LogP contribution is 2.28. The SMILES string of the molecule is C[NH+](Cc1ccc(C(C)(C)C)cc1)CN1C(=O)C(=O)c2cc(F)ccc21. The average molecular weight is 355 g/mol. The Morgan fingerprint density at radius 1 is 1.04 bits per heavy atom. The molecule has 0 saturated carbocycles. The molecule has 1 unspecified atom stereocenters. The minimum Gasteiger partial charge on any atom is -0.316 e. The van der Waals surface area contributed by atoms with Crippen molar-refractivity contribution >= 4 is 17.4 Å². The zero-order valence-electron chi connectivity index (χ0n) is 15.6. The Balaban J connectivity index is 1.72. The van der Waals surface area contributed by atoms with Crippen LogP contribution in [0.2, 0.25) is 0 Å². The van der Waals surface area contributed by atoms with Crippen LogP contribution >= 0.6 is 0 Å². The summed E-state index contributed by atoms with van der Waals surface area (Å²) >= 11 is 0. The summed E-state index contributed by atoms with van der Waals surface area (Å²) in [5.41, 5.74) is 3.18. The summed E-state index contributed by atoms with van der Waals surface area (Å²) < 4.78 is 13.4. The minimum absolute atomic E-state index is 0.110. The fourth-order valence-corrected chi connectivity index (χ4v) is 3.23. The number of anilines is 1. The molecule has 0 fully saturated rings. The summed E-state index contributed by atoms with van der Waals surface area (Å²) in [5, 5.41) is 0. The van der Waals surface area contributed by atoms with Crippen molar-refractivity contribution in [2.24, 2.45) is 0 Å². The monoisotopic (exact) mass is 355 g/mol. The van der Waals surface area contributed by atoms with Crippen molar-refractivity contribution in [2.45, 2.75) is 32.7 Å². The number of carbonyl (C=O) groups excluding carboxylic acids is 2. The van der Waals surface area contributed by atoms with Gasteiger partial charge in [-0.2, -0.15) is 0 Å². The summed E-state index contributed by atoms with van der Waals surface area (Å²) in [6.07, 6.45) is 0. The largest absolute Gasteiger partial charge is 0.316 e. The molecule has 0 spiro atoms. The molecule has 4 nitrogen and oxygen atoms in total. The molecule has 0 aliphatic carbocycles. The number of benzene rings is 2. The third kappa shape index (κ3) is 3.53. The summed E-state index contributed by atoms with van der Waals surface area (Å²) in [7, 11) is 1.97. The molecule has 1 heterocycles. The first-order valence-corrected chi connectivity index (χ1v) is 8.73. The van der Waals surface area contributed by atoms with Gasteiger partial charge in [0.2, 0.25) is 0 Å². The molecule has 1 N–H and O–H groups in total. The van der Waals surface area contributed by atoms with Crippen LogP contribution in [-0.2, 0) is 16.8 Å². The van der Waals surface area contributed by atoms with E-state index in [1.165, 1.54) is 22.6 Å². The van der Waals surface area contributed by atoms with Gasteiger partial charge in [-0.1, -0.05) is 45.0 Å². The average Bonchev–Trinajstić information content (AvgIpc) is 2.79. The fraction of sp³-hybridized carbons (Fsp3) is 0.333. The first-order chi connectivity index (χ1) is 12.2. The zero-order valence-corrected chi connectivity index (χ0v) is 15.6. The lowest BCUT2D eigenvalue weighted by atomic mass is 9.87. The van der Waals surface area contributed by atoms with Crippen molar-refractivity contribution < 1.29 is 18.9 Å². The van der Waals surface area contributed by atoms with Gasteiger partial charge in [-0.05, 0) is 29.2 Å². The van der Waals surface area contributed by atoms with E-state index >= 15 is 0 Å². The van der Waals surface area contributed by atoms with Gasteiger partial charge in [0.15, 0.2) is 6.67 Å². The van der Waals surface area contributed by atoms with Crippen molar-refractivity contribution in [3.63, 3.8) is 0 Å². The van der Waals surface area contributed by atoms with Crippen molar-refractivity contribution in [3.05, 3.63) is 65.0 Å². The van der Waals surface area contributed by atoms with Crippen LogP contribution in [0.25, 0.3) is 0 Å². The standard InChI is InChI=1S/C21H23FN2O2/c1-21(2,3)15-7-5-14(6-8-15)12-23(4)13-24-18-10-9-16(22)11-17(18)19(25)20(24)26/h5-11H,12-13H2,1-4H3/p+1. The molecule has 1 amide bonds. The molecule has 1 atom stereocenters. The van der Waals surface area contributed by atoms with Crippen molar-refractivity contribution in [1.29, 1.82) is 0 Å². The number of nitrogens with one attached hydrogen (secondary N) is 1. The molecule has 0 aromatic heterocycles. The number of quaternary nitrogens is 1.